The summed E-state index contributed by atoms with van der Waals surface area (Å²) >= 11 is 5.01. The van der Waals surface area contributed by atoms with Gasteiger partial charge in [0.25, 0.3) is 0 Å². The summed E-state index contributed by atoms with van der Waals surface area (Å²) in [5.41, 5.74) is 0.468. The van der Waals surface area contributed by atoms with Gasteiger partial charge in [-0.1, -0.05) is 13.8 Å². The van der Waals surface area contributed by atoms with Crippen LogP contribution in [0.4, 0.5) is 0 Å². The Morgan fingerprint density at radius 2 is 2.33 bits per heavy atom. The van der Waals surface area contributed by atoms with Crippen LogP contribution in [-0.2, 0) is 4.74 Å². The average Bonchev–Trinajstić information content (AvgIpc) is 2.19. The third-order valence-corrected chi connectivity index (χ3v) is 3.08. The predicted octanol–water partition coefficient (Wildman–Crippen LogP) is 1.62. The molecule has 1 nitrogen and oxygen atoms in total. The smallest absolute Gasteiger partial charge is 0.163 e. The van der Waals surface area contributed by atoms with Crippen molar-refractivity contribution in [2.75, 3.05) is 6.61 Å². The van der Waals surface area contributed by atoms with Crippen molar-refractivity contribution in [2.45, 2.75) is 13.8 Å². The fraction of sp³-hybridized carbons (Fsp3) is 0.857. The highest BCUT2D eigenvalue weighted by atomic mass is 32.1. The summed E-state index contributed by atoms with van der Waals surface area (Å²) in [5, 5.41) is 0.852. The number of rotatable bonds is 0. The lowest BCUT2D eigenvalue weighted by atomic mass is 10.1. The van der Waals surface area contributed by atoms with Gasteiger partial charge in [-0.2, -0.15) is 0 Å². The van der Waals surface area contributed by atoms with Gasteiger partial charge in [0.15, 0.2) is 5.05 Å². The molecule has 0 spiro atoms. The number of hydrogen-bond acceptors (Lipinski definition) is 2. The maximum Gasteiger partial charge on any atom is 0.163 e. The summed E-state index contributed by atoms with van der Waals surface area (Å²) < 4.78 is 5.18. The van der Waals surface area contributed by atoms with Crippen LogP contribution in [0, 0.1) is 17.3 Å². The van der Waals surface area contributed by atoms with E-state index in [0.29, 0.717) is 11.3 Å². The Hall–Kier alpha value is -0.110. The molecule has 2 fully saturated rings. The Bertz CT molecular complexity index is 174. The molecular formula is C7H10OS. The van der Waals surface area contributed by atoms with E-state index in [9.17, 15) is 0 Å². The Morgan fingerprint density at radius 1 is 1.67 bits per heavy atom. The predicted molar refractivity (Wildman–Crippen MR) is 39.3 cm³/mol. The molecular weight excluding hydrogens is 132 g/mol. The van der Waals surface area contributed by atoms with E-state index in [2.05, 4.69) is 13.8 Å². The average molecular weight is 142 g/mol. The third kappa shape index (κ3) is 0.522. The molecule has 0 aromatic heterocycles. The first-order valence-corrected chi connectivity index (χ1v) is 3.71. The summed E-state index contributed by atoms with van der Waals surface area (Å²) in [4.78, 5) is 0. The van der Waals surface area contributed by atoms with Crippen molar-refractivity contribution in [2.24, 2.45) is 17.3 Å². The molecule has 0 amide bonds. The Morgan fingerprint density at radius 3 is 2.56 bits per heavy atom. The highest BCUT2D eigenvalue weighted by Crippen LogP contribution is 2.62. The molecule has 1 saturated heterocycles. The van der Waals surface area contributed by atoms with Crippen molar-refractivity contribution < 1.29 is 4.74 Å². The normalized spacial score (nSPS) is 44.0. The molecule has 1 heterocycles. The highest BCUT2D eigenvalue weighted by Gasteiger charge is 2.64. The topological polar surface area (TPSA) is 9.23 Å². The second-order valence-corrected chi connectivity index (χ2v) is 3.94. The molecule has 0 radical (unpaired) electrons. The quantitative estimate of drug-likeness (QED) is 0.475. The van der Waals surface area contributed by atoms with Gasteiger partial charge in [-0.25, -0.2) is 0 Å². The Labute approximate surface area is 60.4 Å². The minimum absolute atomic E-state index is 0.468. The summed E-state index contributed by atoms with van der Waals surface area (Å²) in [6, 6.07) is 0. The molecule has 50 valence electrons. The van der Waals surface area contributed by atoms with Crippen LogP contribution in [0.5, 0.6) is 0 Å². The van der Waals surface area contributed by atoms with E-state index in [-0.39, 0.29) is 0 Å². The van der Waals surface area contributed by atoms with Crippen LogP contribution in [0.1, 0.15) is 13.8 Å². The third-order valence-electron chi connectivity index (χ3n) is 2.71. The fourth-order valence-corrected chi connectivity index (χ4v) is 2.32. The monoisotopic (exact) mass is 142 g/mol. The molecule has 2 atom stereocenters. The fourth-order valence-electron chi connectivity index (χ4n) is 1.78. The zero-order valence-corrected chi connectivity index (χ0v) is 6.49. The van der Waals surface area contributed by atoms with E-state index in [4.69, 9.17) is 17.0 Å². The second-order valence-electron chi connectivity index (χ2n) is 3.54. The molecule has 1 aliphatic carbocycles. The molecule has 0 bridgehead atoms. The van der Waals surface area contributed by atoms with Crippen LogP contribution < -0.4 is 0 Å². The van der Waals surface area contributed by atoms with Gasteiger partial charge < -0.3 is 4.74 Å². The van der Waals surface area contributed by atoms with Crippen molar-refractivity contribution in [1.82, 2.24) is 0 Å². The molecule has 0 aromatic rings. The summed E-state index contributed by atoms with van der Waals surface area (Å²) in [5.74, 6) is 1.34. The first kappa shape index (κ1) is 5.66. The van der Waals surface area contributed by atoms with E-state index >= 15 is 0 Å². The molecule has 1 saturated carbocycles. The minimum atomic E-state index is 0.468. The van der Waals surface area contributed by atoms with Crippen LogP contribution in [0.2, 0.25) is 0 Å². The molecule has 9 heavy (non-hydrogen) atoms. The Balaban J connectivity index is 2.23. The van der Waals surface area contributed by atoms with E-state index in [1.165, 1.54) is 0 Å². The van der Waals surface area contributed by atoms with Gasteiger partial charge in [0.05, 0.1) is 6.61 Å². The van der Waals surface area contributed by atoms with Crippen LogP contribution in [0.3, 0.4) is 0 Å². The highest BCUT2D eigenvalue weighted by molar-refractivity contribution is 7.80. The van der Waals surface area contributed by atoms with Gasteiger partial charge in [-0.3, -0.25) is 0 Å². The summed E-state index contributed by atoms with van der Waals surface area (Å²) in [6.07, 6.45) is 0. The van der Waals surface area contributed by atoms with Gasteiger partial charge >= 0.3 is 0 Å². The number of fused-ring (bicyclic) bond motifs is 1. The van der Waals surface area contributed by atoms with Gasteiger partial charge in [0.2, 0.25) is 0 Å². The second kappa shape index (κ2) is 1.31. The number of hydrogen-bond donors (Lipinski definition) is 0. The van der Waals surface area contributed by atoms with Crippen molar-refractivity contribution in [3.05, 3.63) is 0 Å². The largest absolute Gasteiger partial charge is 0.486 e. The van der Waals surface area contributed by atoms with Crippen molar-refractivity contribution in [3.8, 4) is 0 Å². The van der Waals surface area contributed by atoms with E-state index < -0.39 is 0 Å². The molecule has 0 aromatic carbocycles. The maximum atomic E-state index is 5.18. The summed E-state index contributed by atoms with van der Waals surface area (Å²) in [7, 11) is 0. The van der Waals surface area contributed by atoms with Crippen LogP contribution in [0.25, 0.3) is 0 Å². The lowest BCUT2D eigenvalue weighted by molar-refractivity contribution is 0.280. The van der Waals surface area contributed by atoms with Crippen molar-refractivity contribution >= 4 is 17.3 Å². The van der Waals surface area contributed by atoms with Crippen LogP contribution >= 0.6 is 12.2 Å². The SMILES string of the molecule is CC1(C)[C@@H]2COC(=S)[C@@H]21. The van der Waals surface area contributed by atoms with Gasteiger partial charge in [0.1, 0.15) is 0 Å². The zero-order valence-electron chi connectivity index (χ0n) is 5.68. The first-order valence-electron chi connectivity index (χ1n) is 3.30. The molecule has 2 rings (SSSR count). The minimum Gasteiger partial charge on any atom is -0.486 e. The van der Waals surface area contributed by atoms with Crippen molar-refractivity contribution in [3.63, 3.8) is 0 Å². The molecule has 0 N–H and O–H groups in total. The maximum absolute atomic E-state index is 5.18. The van der Waals surface area contributed by atoms with Gasteiger partial charge in [0, 0.05) is 11.8 Å². The first-order chi connectivity index (χ1) is 4.14. The summed E-state index contributed by atoms with van der Waals surface area (Å²) in [6.45, 7) is 5.39. The van der Waals surface area contributed by atoms with Crippen LogP contribution in [-0.4, -0.2) is 11.7 Å². The van der Waals surface area contributed by atoms with E-state index in [1.54, 1.807) is 0 Å². The van der Waals surface area contributed by atoms with E-state index in [1.807, 2.05) is 0 Å². The van der Waals surface area contributed by atoms with E-state index in [0.717, 1.165) is 17.6 Å². The van der Waals surface area contributed by atoms with Crippen LogP contribution in [0.15, 0.2) is 0 Å². The number of ether oxygens (including phenoxy) is 1. The number of thiocarbonyl (C=S) groups is 1. The molecule has 0 unspecified atom stereocenters. The standard InChI is InChI=1S/C7H10OS/c1-7(2)4-3-8-6(9)5(4)7/h4-5H,3H2,1-2H3/t4-,5-/m1/s1. The van der Waals surface area contributed by atoms with Crippen molar-refractivity contribution in [1.29, 1.82) is 0 Å². The Kier molecular flexibility index (Phi) is 0.825. The van der Waals surface area contributed by atoms with Gasteiger partial charge in [-0.15, -0.1) is 0 Å². The lowest BCUT2D eigenvalue weighted by Crippen LogP contribution is -2.08. The lowest BCUT2D eigenvalue weighted by Gasteiger charge is -2.07. The molecule has 2 aliphatic rings. The molecule has 2 heteroatoms. The zero-order chi connectivity index (χ0) is 6.65. The molecule has 1 aliphatic heterocycles. The van der Waals surface area contributed by atoms with Gasteiger partial charge in [-0.05, 0) is 17.6 Å².